The minimum atomic E-state index is 0.360. The average Bonchev–Trinajstić information content (AvgIpc) is 3.74. The highest BCUT2D eigenvalue weighted by Crippen LogP contribution is 2.65. The van der Waals surface area contributed by atoms with Gasteiger partial charge in [0.25, 0.3) is 0 Å². The highest BCUT2D eigenvalue weighted by atomic mass is 15.1. The van der Waals surface area contributed by atoms with Crippen LogP contribution in [0.4, 0.5) is 17.1 Å². The molecule has 2 heteroatoms. The van der Waals surface area contributed by atoms with Crippen molar-refractivity contribution in [1.29, 1.82) is 0 Å². The second-order valence-electron chi connectivity index (χ2n) is 18.1. The van der Waals surface area contributed by atoms with Crippen LogP contribution in [0, 0.1) is 23.7 Å². The van der Waals surface area contributed by atoms with Crippen LogP contribution in [0.2, 0.25) is 0 Å². The second-order valence-corrected chi connectivity index (χ2v) is 18.1. The van der Waals surface area contributed by atoms with Crippen LogP contribution in [0.1, 0.15) is 44.6 Å². The fourth-order valence-electron chi connectivity index (χ4n) is 12.0. The normalized spacial score (nSPS) is 22.1. The Morgan fingerprint density at radius 2 is 1.05 bits per heavy atom. The number of para-hydroxylation sites is 2. The van der Waals surface area contributed by atoms with Crippen LogP contribution in [0.25, 0.3) is 60.5 Å². The number of hydrogen-bond donors (Lipinski definition) is 0. The van der Waals surface area contributed by atoms with Crippen molar-refractivity contribution >= 4 is 49.6 Å². The van der Waals surface area contributed by atoms with Crippen molar-refractivity contribution in [1.82, 2.24) is 4.57 Å². The molecule has 5 atom stereocenters. The van der Waals surface area contributed by atoms with Crippen molar-refractivity contribution in [3.63, 3.8) is 0 Å². The number of anilines is 3. The zero-order valence-electron chi connectivity index (χ0n) is 33.6. The molecule has 59 heavy (non-hydrogen) atoms. The average molecular weight is 761 g/mol. The van der Waals surface area contributed by atoms with Gasteiger partial charge in [0.1, 0.15) is 0 Å². The van der Waals surface area contributed by atoms with Gasteiger partial charge in [0.05, 0.1) is 11.0 Å². The third kappa shape index (κ3) is 5.75. The zero-order chi connectivity index (χ0) is 39.1. The summed E-state index contributed by atoms with van der Waals surface area (Å²) in [6.45, 7) is 2.51. The maximum atomic E-state index is 2.51. The van der Waals surface area contributed by atoms with E-state index >= 15 is 0 Å². The second kappa shape index (κ2) is 13.6. The fraction of sp³-hybridized carbons (Fsp3) is 0.193. The first-order chi connectivity index (χ1) is 29.1. The molecular weight excluding hydrogens is 713 g/mol. The van der Waals surface area contributed by atoms with Gasteiger partial charge in [-0.2, -0.15) is 0 Å². The van der Waals surface area contributed by atoms with Crippen molar-refractivity contribution in [3.8, 4) is 27.9 Å². The molecule has 0 radical (unpaired) electrons. The van der Waals surface area contributed by atoms with Gasteiger partial charge in [-0.15, -0.1) is 0 Å². The molecule has 286 valence electrons. The number of rotatable bonds is 7. The van der Waals surface area contributed by atoms with Crippen LogP contribution >= 0.6 is 0 Å². The molecule has 0 spiro atoms. The van der Waals surface area contributed by atoms with Gasteiger partial charge >= 0.3 is 0 Å². The first kappa shape index (κ1) is 34.6. The molecule has 2 unspecified atom stereocenters. The van der Waals surface area contributed by atoms with Gasteiger partial charge in [-0.25, -0.2) is 0 Å². The first-order valence-electron chi connectivity index (χ1n) is 21.8. The monoisotopic (exact) mass is 760 g/mol. The molecule has 12 rings (SSSR count). The Hall–Kier alpha value is -6.38. The Balaban J connectivity index is 0.855. The molecule has 2 nitrogen and oxygen atoms in total. The summed E-state index contributed by atoms with van der Waals surface area (Å²) in [4.78, 5) is 2.44. The van der Waals surface area contributed by atoms with E-state index in [2.05, 4.69) is 204 Å². The van der Waals surface area contributed by atoms with Crippen molar-refractivity contribution in [3.05, 3.63) is 194 Å². The smallest absolute Gasteiger partial charge is 0.0541 e. The van der Waals surface area contributed by atoms with E-state index in [1.165, 1.54) is 110 Å². The molecule has 9 aromatic rings. The van der Waals surface area contributed by atoms with Crippen LogP contribution in [-0.2, 0) is 5.41 Å². The summed E-state index contributed by atoms with van der Waals surface area (Å²) in [6, 6.07) is 69.9. The Morgan fingerprint density at radius 3 is 1.76 bits per heavy atom. The lowest BCUT2D eigenvalue weighted by molar-refractivity contribution is 0.0780. The summed E-state index contributed by atoms with van der Waals surface area (Å²) in [5.41, 5.74) is 14.0. The maximum Gasteiger partial charge on any atom is 0.0541 e. The summed E-state index contributed by atoms with van der Waals surface area (Å²) in [6.07, 6.45) is 7.06. The lowest BCUT2D eigenvalue weighted by Crippen LogP contribution is -2.34. The third-order valence-electron chi connectivity index (χ3n) is 14.6. The maximum absolute atomic E-state index is 2.51. The van der Waals surface area contributed by atoms with Gasteiger partial charge in [-0.05, 0) is 160 Å². The molecule has 1 aromatic heterocycles. The molecule has 3 saturated carbocycles. The Morgan fingerprint density at radius 1 is 0.458 bits per heavy atom. The molecule has 8 aromatic carbocycles. The van der Waals surface area contributed by atoms with Crippen molar-refractivity contribution in [2.24, 2.45) is 23.7 Å². The summed E-state index contributed by atoms with van der Waals surface area (Å²) < 4.78 is 2.39. The fourth-order valence-corrected chi connectivity index (χ4v) is 12.0. The largest absolute Gasteiger partial charge is 0.310 e. The molecule has 0 aliphatic heterocycles. The SMILES string of the molecule is C[C@H]1C[C@H]2C[C@H]3CC(c4ccc(N(c5ccc(-c6ccc(-c7cccc(-n8c9ccccc9c9ccccc98)c7)cc6)cc5)c5ccc6ccccc6c5)cc4)(CC23)C1. The van der Waals surface area contributed by atoms with Crippen LogP contribution in [0.3, 0.4) is 0 Å². The highest BCUT2D eigenvalue weighted by molar-refractivity contribution is 6.09. The molecule has 3 fully saturated rings. The minimum absolute atomic E-state index is 0.360. The van der Waals surface area contributed by atoms with Crippen LogP contribution in [0.5, 0.6) is 0 Å². The summed E-state index contributed by atoms with van der Waals surface area (Å²) in [5.74, 6) is 3.72. The van der Waals surface area contributed by atoms with E-state index in [1.807, 2.05) is 0 Å². The summed E-state index contributed by atoms with van der Waals surface area (Å²) in [5, 5.41) is 5.08. The van der Waals surface area contributed by atoms with Gasteiger partial charge in [-0.3, -0.25) is 0 Å². The lowest BCUT2D eigenvalue weighted by atomic mass is 9.63. The van der Waals surface area contributed by atoms with Gasteiger partial charge < -0.3 is 9.47 Å². The van der Waals surface area contributed by atoms with Crippen molar-refractivity contribution in [2.75, 3.05) is 4.90 Å². The van der Waals surface area contributed by atoms with Gasteiger partial charge in [0, 0.05) is 33.5 Å². The van der Waals surface area contributed by atoms with Gasteiger partial charge in [0.15, 0.2) is 0 Å². The third-order valence-corrected chi connectivity index (χ3v) is 14.6. The zero-order valence-corrected chi connectivity index (χ0v) is 33.6. The predicted molar refractivity (Wildman–Crippen MR) is 248 cm³/mol. The van der Waals surface area contributed by atoms with Crippen LogP contribution in [0.15, 0.2) is 188 Å². The van der Waals surface area contributed by atoms with Crippen molar-refractivity contribution in [2.45, 2.75) is 44.4 Å². The van der Waals surface area contributed by atoms with E-state index in [1.54, 1.807) is 5.56 Å². The molecule has 3 aliphatic carbocycles. The predicted octanol–water partition coefficient (Wildman–Crippen LogP) is 15.5. The minimum Gasteiger partial charge on any atom is -0.310 e. The quantitative estimate of drug-likeness (QED) is 0.157. The van der Waals surface area contributed by atoms with E-state index in [-0.39, 0.29) is 0 Å². The number of benzene rings is 8. The number of aromatic nitrogens is 1. The highest BCUT2D eigenvalue weighted by Gasteiger charge is 2.57. The summed E-state index contributed by atoms with van der Waals surface area (Å²) in [7, 11) is 0. The molecule has 0 amide bonds. The summed E-state index contributed by atoms with van der Waals surface area (Å²) >= 11 is 0. The molecule has 0 saturated heterocycles. The molecule has 1 heterocycles. The van der Waals surface area contributed by atoms with Crippen molar-refractivity contribution < 1.29 is 0 Å². The van der Waals surface area contributed by atoms with Gasteiger partial charge in [0.2, 0.25) is 0 Å². The Bertz CT molecular complexity index is 2950. The van der Waals surface area contributed by atoms with E-state index in [9.17, 15) is 0 Å². The number of hydrogen-bond acceptors (Lipinski definition) is 1. The van der Waals surface area contributed by atoms with Crippen LogP contribution in [-0.4, -0.2) is 4.57 Å². The van der Waals surface area contributed by atoms with E-state index < -0.39 is 0 Å². The Kier molecular flexibility index (Phi) is 7.99. The number of nitrogens with zero attached hydrogens (tertiary/aromatic N) is 2. The molecule has 3 aliphatic rings. The Labute approximate surface area is 347 Å². The molecular formula is C57H48N2. The van der Waals surface area contributed by atoms with E-state index in [4.69, 9.17) is 0 Å². The molecule has 0 N–H and O–H groups in total. The van der Waals surface area contributed by atoms with Crippen LogP contribution < -0.4 is 4.90 Å². The first-order valence-corrected chi connectivity index (χ1v) is 21.8. The van der Waals surface area contributed by atoms with Gasteiger partial charge in [-0.1, -0.05) is 134 Å². The van der Waals surface area contributed by atoms with E-state index in [0.717, 1.165) is 23.7 Å². The lowest BCUT2D eigenvalue weighted by Gasteiger charge is -2.42. The standard InChI is InChI=1S/C57H48N2/c1-38-31-45-32-46-36-57(35-38,37-54(45)46)47-24-29-49(30-25-47)58(51-28-23-39-9-2-3-10-43(39)34-51)48-26-21-41(22-27-48)40-17-19-42(20-18-40)44-11-8-12-50(33-44)59-55-15-6-4-13-52(55)53-14-5-7-16-56(53)59/h2-30,33-34,38,45-46,54H,31-32,35-37H2,1H3/t38-,45-,46-,54?,57?/m0/s1. The topological polar surface area (TPSA) is 8.17 Å². The number of fused-ring (bicyclic) bond motifs is 5. The van der Waals surface area contributed by atoms with E-state index in [0.29, 0.717) is 5.41 Å². The molecule has 2 bridgehead atoms.